The molecule has 0 aromatic carbocycles. The quantitative estimate of drug-likeness (QED) is 0.365. The predicted molar refractivity (Wildman–Crippen MR) is 113 cm³/mol. The van der Waals surface area contributed by atoms with E-state index in [1.807, 2.05) is 0 Å². The van der Waals surface area contributed by atoms with Crippen molar-refractivity contribution in [2.45, 2.75) is 98.5 Å². The summed E-state index contributed by atoms with van der Waals surface area (Å²) in [5.41, 5.74) is 7.12. The second kappa shape index (κ2) is 11.6. The number of H-pyrrole nitrogens is 1. The third-order valence-corrected chi connectivity index (χ3v) is 20.2. The van der Waals surface area contributed by atoms with Crippen LogP contribution in [0.4, 0.5) is 0 Å². The van der Waals surface area contributed by atoms with Crippen LogP contribution >= 0.6 is 0 Å². The van der Waals surface area contributed by atoms with Crippen LogP contribution in [0.5, 0.6) is 0 Å². The van der Waals surface area contributed by atoms with Gasteiger partial charge in [-0.05, 0) is 0 Å². The first kappa shape index (κ1) is 23.0. The number of aromatic amines is 1. The average Bonchev–Trinajstić information content (AvgIpc) is 3.03. The monoisotopic (exact) mass is 458 g/mol. The standard InChI is InChI=1S/C8H15N4.3C4H9.Sn/c1-8(2,9)6-10-5-7-3-4-11-12-7;3*1-3-4-2;/h3,10H,5-6,9H2,1-2H3,(H,11,12);3*1,3-4H2,2H3;. The molecule has 0 unspecified atom stereocenters. The summed E-state index contributed by atoms with van der Waals surface area (Å²) in [6, 6.07) is 2.40. The van der Waals surface area contributed by atoms with Crippen molar-refractivity contribution < 1.29 is 0 Å². The molecule has 5 heteroatoms. The van der Waals surface area contributed by atoms with E-state index in [1.54, 1.807) is 0 Å². The zero-order valence-corrected chi connectivity index (χ0v) is 20.2. The number of hydrogen-bond acceptors (Lipinski definition) is 3. The summed E-state index contributed by atoms with van der Waals surface area (Å²) in [6.07, 6.45) is 8.06. The van der Waals surface area contributed by atoms with E-state index in [0.717, 1.165) is 13.1 Å². The zero-order chi connectivity index (χ0) is 18.8. The van der Waals surface area contributed by atoms with Gasteiger partial charge in [-0.15, -0.1) is 0 Å². The van der Waals surface area contributed by atoms with E-state index < -0.39 is 18.4 Å². The van der Waals surface area contributed by atoms with E-state index >= 15 is 0 Å². The fraction of sp³-hybridized carbons (Fsp3) is 0.850. The molecule has 0 amide bonds. The fourth-order valence-electron chi connectivity index (χ4n) is 3.55. The van der Waals surface area contributed by atoms with Gasteiger partial charge in [0.1, 0.15) is 0 Å². The Balaban J connectivity index is 2.88. The van der Waals surface area contributed by atoms with Crippen molar-refractivity contribution in [2.75, 3.05) is 6.54 Å². The van der Waals surface area contributed by atoms with Crippen molar-refractivity contribution in [2.24, 2.45) is 5.73 Å². The maximum absolute atomic E-state index is 6.06. The molecule has 0 spiro atoms. The third kappa shape index (κ3) is 8.44. The molecule has 0 saturated carbocycles. The van der Waals surface area contributed by atoms with Gasteiger partial charge in [0.2, 0.25) is 0 Å². The summed E-state index contributed by atoms with van der Waals surface area (Å²) in [5, 5.41) is 11.6. The van der Waals surface area contributed by atoms with Crippen LogP contribution in [0.3, 0.4) is 0 Å². The predicted octanol–water partition coefficient (Wildman–Crippen LogP) is 4.29. The Labute approximate surface area is 160 Å². The van der Waals surface area contributed by atoms with Crippen molar-refractivity contribution in [1.29, 1.82) is 0 Å². The minimum absolute atomic E-state index is 0.171. The molecule has 0 saturated heterocycles. The molecule has 1 heterocycles. The van der Waals surface area contributed by atoms with Crippen LogP contribution in [0.15, 0.2) is 6.07 Å². The Kier molecular flexibility index (Phi) is 10.7. The molecule has 4 N–H and O–H groups in total. The minimum atomic E-state index is -2.37. The van der Waals surface area contributed by atoms with E-state index in [-0.39, 0.29) is 5.54 Å². The molecule has 0 atom stereocenters. The maximum atomic E-state index is 6.06. The number of aromatic nitrogens is 2. The first-order chi connectivity index (χ1) is 11.9. The Hall–Kier alpha value is -0.0713. The van der Waals surface area contributed by atoms with Crippen LogP contribution < -0.4 is 14.8 Å². The van der Waals surface area contributed by atoms with Crippen molar-refractivity contribution in [3.8, 4) is 0 Å². The van der Waals surface area contributed by atoms with E-state index in [9.17, 15) is 0 Å². The van der Waals surface area contributed by atoms with E-state index in [4.69, 9.17) is 10.8 Å². The van der Waals surface area contributed by atoms with Crippen LogP contribution in [0.25, 0.3) is 0 Å². The molecule has 0 aliphatic carbocycles. The van der Waals surface area contributed by atoms with E-state index in [1.165, 1.54) is 61.2 Å². The first-order valence-corrected chi connectivity index (χ1v) is 17.9. The van der Waals surface area contributed by atoms with Gasteiger partial charge in [0.05, 0.1) is 0 Å². The Bertz CT molecular complexity index is 443. The third-order valence-electron chi connectivity index (χ3n) is 5.10. The van der Waals surface area contributed by atoms with E-state index in [2.05, 4.69) is 51.1 Å². The molecule has 1 aromatic heterocycles. The molecule has 25 heavy (non-hydrogen) atoms. The zero-order valence-electron chi connectivity index (χ0n) is 17.4. The van der Waals surface area contributed by atoms with Gasteiger partial charge in [-0.1, -0.05) is 0 Å². The Morgan fingerprint density at radius 2 is 1.56 bits per heavy atom. The number of nitrogens with one attached hydrogen (secondary N) is 2. The molecule has 1 rings (SSSR count). The Morgan fingerprint density at radius 1 is 1.04 bits per heavy atom. The molecule has 0 aliphatic rings. The summed E-state index contributed by atoms with van der Waals surface area (Å²) in [6.45, 7) is 12.7. The van der Waals surface area contributed by atoms with Crippen molar-refractivity contribution in [3.63, 3.8) is 0 Å². The van der Waals surface area contributed by atoms with Gasteiger partial charge in [0, 0.05) is 0 Å². The van der Waals surface area contributed by atoms with E-state index in [0.29, 0.717) is 0 Å². The van der Waals surface area contributed by atoms with Crippen LogP contribution in [-0.2, 0) is 6.54 Å². The van der Waals surface area contributed by atoms with Gasteiger partial charge in [0.25, 0.3) is 0 Å². The molecule has 0 fully saturated rings. The summed E-state index contributed by atoms with van der Waals surface area (Å²) < 4.78 is 5.91. The van der Waals surface area contributed by atoms with Crippen LogP contribution in [0.1, 0.15) is 78.8 Å². The SMILES string of the molecule is CCC[CH2][Sn]([CH2]CCC)([CH2]CCC)[c]1cc(CNCC(C)(C)N)[nH]n1. The summed E-state index contributed by atoms with van der Waals surface area (Å²) in [4.78, 5) is 0. The first-order valence-electron chi connectivity index (χ1n) is 10.4. The fourth-order valence-corrected chi connectivity index (χ4v) is 18.9. The average molecular weight is 457 g/mol. The molecule has 1 aromatic rings. The van der Waals surface area contributed by atoms with Crippen LogP contribution in [0.2, 0.25) is 13.3 Å². The molecule has 0 aliphatic heterocycles. The van der Waals surface area contributed by atoms with Crippen molar-refractivity contribution in [3.05, 3.63) is 11.8 Å². The summed E-state index contributed by atoms with van der Waals surface area (Å²) >= 11 is -2.37. The second-order valence-electron chi connectivity index (χ2n) is 8.46. The van der Waals surface area contributed by atoms with Gasteiger partial charge < -0.3 is 0 Å². The molecule has 0 radical (unpaired) electrons. The number of hydrogen-bond donors (Lipinski definition) is 3. The number of nitrogens with zero attached hydrogens (tertiary/aromatic N) is 1. The van der Waals surface area contributed by atoms with Crippen molar-refractivity contribution >= 4 is 22.1 Å². The molecular weight excluding hydrogens is 415 g/mol. The van der Waals surface area contributed by atoms with Gasteiger partial charge in [0.15, 0.2) is 0 Å². The van der Waals surface area contributed by atoms with Gasteiger partial charge in [-0.3, -0.25) is 0 Å². The van der Waals surface area contributed by atoms with Gasteiger partial charge >= 0.3 is 160 Å². The summed E-state index contributed by atoms with van der Waals surface area (Å²) in [5.74, 6) is 0. The van der Waals surface area contributed by atoms with Crippen LogP contribution in [0, 0.1) is 0 Å². The molecular formula is C20H42N4Sn. The molecule has 4 nitrogen and oxygen atoms in total. The van der Waals surface area contributed by atoms with Gasteiger partial charge in [-0.2, -0.15) is 0 Å². The topological polar surface area (TPSA) is 66.7 Å². The van der Waals surface area contributed by atoms with Crippen LogP contribution in [-0.4, -0.2) is 40.7 Å². The number of nitrogens with two attached hydrogens (primary N) is 1. The molecule has 0 bridgehead atoms. The van der Waals surface area contributed by atoms with Crippen molar-refractivity contribution in [1.82, 2.24) is 15.5 Å². The Morgan fingerprint density at radius 3 is 2.00 bits per heavy atom. The second-order valence-corrected chi connectivity index (χ2v) is 21.5. The normalized spacial score (nSPS) is 12.7. The summed E-state index contributed by atoms with van der Waals surface area (Å²) in [7, 11) is 0. The number of rotatable bonds is 14. The number of unbranched alkanes of at least 4 members (excludes halogenated alkanes) is 3. The van der Waals surface area contributed by atoms with Gasteiger partial charge in [-0.25, -0.2) is 0 Å². The molecule has 146 valence electrons.